The van der Waals surface area contributed by atoms with Gasteiger partial charge in [-0.25, -0.2) is 13.2 Å². The molecule has 2 nitrogen and oxygen atoms in total. The van der Waals surface area contributed by atoms with E-state index >= 15 is 0 Å². The molecule has 0 aliphatic rings. The largest absolute Gasteiger partial charge is 0.383 e. The lowest BCUT2D eigenvalue weighted by Gasteiger charge is -2.28. The van der Waals surface area contributed by atoms with Crippen molar-refractivity contribution in [3.05, 3.63) is 35.4 Å². The molecule has 0 aliphatic carbocycles. The Morgan fingerprint density at radius 3 is 2.56 bits per heavy atom. The van der Waals surface area contributed by atoms with Crippen molar-refractivity contribution in [2.45, 2.75) is 16.1 Å². The number of rotatable bonds is 4. The molecule has 16 heavy (non-hydrogen) atoms. The summed E-state index contributed by atoms with van der Waals surface area (Å²) < 4.78 is 38.3. The normalized spacial score (nSPS) is 16.9. The van der Waals surface area contributed by atoms with Gasteiger partial charge in [0.15, 0.2) is 11.6 Å². The van der Waals surface area contributed by atoms with E-state index in [4.69, 9.17) is 10.8 Å². The van der Waals surface area contributed by atoms with Crippen LogP contribution in [-0.4, -0.2) is 15.9 Å². The second-order valence-electron chi connectivity index (χ2n) is 3.53. The van der Waals surface area contributed by atoms with Gasteiger partial charge in [-0.15, -0.1) is 0 Å². The fraction of sp³-hybridized carbons (Fsp3) is 0.400. The zero-order valence-electron chi connectivity index (χ0n) is 8.26. The Hall–Kier alpha value is -0.340. The van der Waals surface area contributed by atoms with Gasteiger partial charge in [-0.3, -0.25) is 0 Å². The average molecular weight is 345 g/mol. The summed E-state index contributed by atoms with van der Waals surface area (Å²) >= 11 is 1.63. The summed E-state index contributed by atoms with van der Waals surface area (Å²) in [7, 11) is 0. The SMILES string of the molecule is N[C@@](CF)(C[C@H](O)I)c1cccc(F)c1F. The van der Waals surface area contributed by atoms with Crippen molar-refractivity contribution < 1.29 is 18.3 Å². The fourth-order valence-corrected chi connectivity index (χ4v) is 2.21. The Bertz CT molecular complexity index is 375. The molecule has 0 aromatic heterocycles. The molecule has 0 saturated carbocycles. The molecule has 0 bridgehead atoms. The van der Waals surface area contributed by atoms with Gasteiger partial charge >= 0.3 is 0 Å². The van der Waals surface area contributed by atoms with Crippen molar-refractivity contribution >= 4 is 22.6 Å². The number of nitrogens with two attached hydrogens (primary N) is 1. The van der Waals surface area contributed by atoms with E-state index in [9.17, 15) is 13.2 Å². The fourth-order valence-electron chi connectivity index (χ4n) is 1.43. The van der Waals surface area contributed by atoms with Gasteiger partial charge in [0.1, 0.15) is 10.8 Å². The molecule has 2 atom stereocenters. The van der Waals surface area contributed by atoms with Gasteiger partial charge < -0.3 is 10.8 Å². The lowest BCUT2D eigenvalue weighted by atomic mass is 9.89. The predicted molar refractivity (Wildman–Crippen MR) is 62.8 cm³/mol. The number of hydrogen-bond donors (Lipinski definition) is 2. The first kappa shape index (κ1) is 13.7. The van der Waals surface area contributed by atoms with E-state index in [1.54, 1.807) is 22.6 Å². The van der Waals surface area contributed by atoms with Crippen LogP contribution < -0.4 is 5.73 Å². The van der Waals surface area contributed by atoms with Crippen LogP contribution in [0, 0.1) is 11.6 Å². The van der Waals surface area contributed by atoms with E-state index in [0.717, 1.165) is 6.07 Å². The van der Waals surface area contributed by atoms with E-state index in [1.807, 2.05) is 0 Å². The third-order valence-corrected chi connectivity index (χ3v) is 2.70. The number of aliphatic hydroxyl groups is 1. The molecule has 3 N–H and O–H groups in total. The quantitative estimate of drug-likeness (QED) is 0.650. The van der Waals surface area contributed by atoms with Crippen LogP contribution in [0.15, 0.2) is 18.2 Å². The van der Waals surface area contributed by atoms with Crippen LogP contribution in [0.3, 0.4) is 0 Å². The highest BCUT2D eigenvalue weighted by Crippen LogP contribution is 2.29. The molecule has 0 fully saturated rings. The Balaban J connectivity index is 3.17. The summed E-state index contributed by atoms with van der Waals surface area (Å²) in [6.07, 6.45) is -0.190. The Labute approximate surface area is 105 Å². The van der Waals surface area contributed by atoms with Crippen LogP contribution in [0.1, 0.15) is 12.0 Å². The topological polar surface area (TPSA) is 46.2 Å². The molecule has 6 heteroatoms. The Morgan fingerprint density at radius 2 is 2.06 bits per heavy atom. The van der Waals surface area contributed by atoms with Gasteiger partial charge in [0, 0.05) is 12.0 Å². The smallest absolute Gasteiger partial charge is 0.163 e. The molecule has 1 aromatic carbocycles. The molecule has 1 rings (SSSR count). The monoisotopic (exact) mass is 345 g/mol. The zero-order chi connectivity index (χ0) is 12.3. The third kappa shape index (κ3) is 2.86. The minimum atomic E-state index is -1.70. The van der Waals surface area contributed by atoms with Crippen molar-refractivity contribution in [3.8, 4) is 0 Å². The molecule has 0 aliphatic heterocycles. The van der Waals surface area contributed by atoms with Crippen LogP contribution in [0.4, 0.5) is 13.2 Å². The van der Waals surface area contributed by atoms with Gasteiger partial charge in [-0.05, 0) is 6.07 Å². The molecule has 90 valence electrons. The summed E-state index contributed by atoms with van der Waals surface area (Å²) in [5.74, 6) is -2.25. The summed E-state index contributed by atoms with van der Waals surface area (Å²) in [4.78, 5) is 0. The highest BCUT2D eigenvalue weighted by molar-refractivity contribution is 14.1. The van der Waals surface area contributed by atoms with Crippen LogP contribution in [0.25, 0.3) is 0 Å². The lowest BCUT2D eigenvalue weighted by Crippen LogP contribution is -2.42. The second kappa shape index (κ2) is 5.33. The maximum atomic E-state index is 13.4. The zero-order valence-corrected chi connectivity index (χ0v) is 10.4. The predicted octanol–water partition coefficient (Wildman–Crippen LogP) is 2.23. The molecule has 0 spiro atoms. The van der Waals surface area contributed by atoms with Crippen LogP contribution in [0.2, 0.25) is 0 Å². The molecule has 0 radical (unpaired) electrons. The molecule has 1 aromatic rings. The van der Waals surface area contributed by atoms with Gasteiger partial charge in [-0.1, -0.05) is 34.7 Å². The molecule has 0 heterocycles. The summed E-state index contributed by atoms with van der Waals surface area (Å²) in [5.41, 5.74) is 3.68. The van der Waals surface area contributed by atoms with Crippen LogP contribution in [-0.2, 0) is 5.54 Å². The minimum Gasteiger partial charge on any atom is -0.383 e. The molecular formula is C10H11F3INO. The first-order valence-corrected chi connectivity index (χ1v) is 5.77. The van der Waals surface area contributed by atoms with Crippen molar-refractivity contribution in [2.24, 2.45) is 5.73 Å². The van der Waals surface area contributed by atoms with E-state index in [1.165, 1.54) is 12.1 Å². The first-order valence-electron chi connectivity index (χ1n) is 4.52. The number of halogens is 4. The second-order valence-corrected chi connectivity index (χ2v) is 4.97. The standard InChI is InChI=1S/C10H11F3INO/c11-5-10(15,4-8(14)16)6-2-1-3-7(12)9(6)13/h1-3,8,16H,4-5,15H2/t8-,10+/m0/s1. The van der Waals surface area contributed by atoms with Crippen LogP contribution in [0.5, 0.6) is 0 Å². The maximum Gasteiger partial charge on any atom is 0.163 e. The summed E-state index contributed by atoms with van der Waals surface area (Å²) in [6, 6.07) is 3.40. The highest BCUT2D eigenvalue weighted by Gasteiger charge is 2.33. The number of alkyl halides is 2. The van der Waals surface area contributed by atoms with Gasteiger partial charge in [0.2, 0.25) is 0 Å². The van der Waals surface area contributed by atoms with Crippen molar-refractivity contribution in [1.29, 1.82) is 0 Å². The van der Waals surface area contributed by atoms with E-state index in [-0.39, 0.29) is 12.0 Å². The van der Waals surface area contributed by atoms with Crippen LogP contribution >= 0.6 is 22.6 Å². The van der Waals surface area contributed by atoms with Gasteiger partial charge in [0.25, 0.3) is 0 Å². The van der Waals surface area contributed by atoms with E-state index in [2.05, 4.69) is 0 Å². The number of benzene rings is 1. The lowest BCUT2D eigenvalue weighted by molar-refractivity contribution is 0.192. The average Bonchev–Trinajstić information content (AvgIpc) is 2.21. The van der Waals surface area contributed by atoms with E-state index in [0.29, 0.717) is 0 Å². The number of aliphatic hydroxyl groups excluding tert-OH is 1. The summed E-state index contributed by atoms with van der Waals surface area (Å²) in [6.45, 7) is -1.08. The number of hydrogen-bond acceptors (Lipinski definition) is 2. The van der Waals surface area contributed by atoms with E-state index < -0.39 is 28.0 Å². The third-order valence-electron chi connectivity index (χ3n) is 2.26. The van der Waals surface area contributed by atoms with Crippen molar-refractivity contribution in [2.75, 3.05) is 6.67 Å². The molecular weight excluding hydrogens is 334 g/mol. The minimum absolute atomic E-state index is 0.190. The maximum absolute atomic E-state index is 13.4. The van der Waals surface area contributed by atoms with Gasteiger partial charge in [-0.2, -0.15) is 0 Å². The Morgan fingerprint density at radius 1 is 1.44 bits per heavy atom. The van der Waals surface area contributed by atoms with Gasteiger partial charge in [0.05, 0.1) is 5.54 Å². The first-order chi connectivity index (χ1) is 7.40. The highest BCUT2D eigenvalue weighted by atomic mass is 127. The van der Waals surface area contributed by atoms with Crippen molar-refractivity contribution in [1.82, 2.24) is 0 Å². The molecule has 0 saturated heterocycles. The van der Waals surface area contributed by atoms with Crippen molar-refractivity contribution in [3.63, 3.8) is 0 Å². The summed E-state index contributed by atoms with van der Waals surface area (Å²) in [5, 5.41) is 9.16. The molecule has 0 unspecified atom stereocenters. The Kier molecular flexibility index (Phi) is 4.57. The molecule has 0 amide bonds.